The van der Waals surface area contributed by atoms with Crippen LogP contribution in [-0.2, 0) is 9.47 Å². The molecule has 22 heavy (non-hydrogen) atoms. The maximum Gasteiger partial charge on any atom is 0.264 e. The van der Waals surface area contributed by atoms with Gasteiger partial charge in [0.05, 0.1) is 10.5 Å². The lowest BCUT2D eigenvalue weighted by Crippen LogP contribution is -2.49. The maximum atomic E-state index is 12.6. The lowest BCUT2D eigenvalue weighted by Gasteiger charge is -2.42. The van der Waals surface area contributed by atoms with E-state index >= 15 is 0 Å². The third-order valence-electron chi connectivity index (χ3n) is 5.22. The highest BCUT2D eigenvalue weighted by Crippen LogP contribution is 2.42. The third-order valence-corrected chi connectivity index (χ3v) is 6.23. The molecule has 0 bridgehead atoms. The van der Waals surface area contributed by atoms with E-state index in [2.05, 4.69) is 0 Å². The van der Waals surface area contributed by atoms with Crippen molar-refractivity contribution in [1.82, 2.24) is 4.90 Å². The Balaban J connectivity index is 1.62. The second kappa shape index (κ2) is 6.69. The zero-order valence-corrected chi connectivity index (χ0v) is 14.3. The second-order valence-corrected chi connectivity index (χ2v) is 7.32. The molecule has 4 nitrogen and oxygen atoms in total. The van der Waals surface area contributed by atoms with E-state index in [9.17, 15) is 4.79 Å². The van der Waals surface area contributed by atoms with E-state index < -0.39 is 0 Å². The molecule has 1 aromatic rings. The summed E-state index contributed by atoms with van der Waals surface area (Å²) in [6.45, 7) is 5.27. The molecule has 0 radical (unpaired) electrons. The van der Waals surface area contributed by atoms with Gasteiger partial charge in [0, 0.05) is 33.4 Å². The molecule has 2 aliphatic rings. The van der Waals surface area contributed by atoms with Crippen molar-refractivity contribution in [3.8, 4) is 0 Å². The highest BCUT2D eigenvalue weighted by atomic mass is 32.1. The van der Waals surface area contributed by atoms with Crippen LogP contribution in [0.25, 0.3) is 0 Å². The minimum absolute atomic E-state index is 0.0141. The van der Waals surface area contributed by atoms with Crippen LogP contribution in [0, 0.1) is 12.8 Å². The number of rotatable bonds is 4. The first-order valence-electron chi connectivity index (χ1n) is 8.12. The average molecular weight is 323 g/mol. The van der Waals surface area contributed by atoms with Gasteiger partial charge in [0.1, 0.15) is 0 Å². The summed E-state index contributed by atoms with van der Waals surface area (Å²) in [5.41, 5.74) is 1.07. The molecule has 2 saturated heterocycles. The molecule has 1 atom stereocenters. The average Bonchev–Trinajstić information content (AvgIpc) is 3.12. The van der Waals surface area contributed by atoms with Gasteiger partial charge in [-0.05, 0) is 55.5 Å². The van der Waals surface area contributed by atoms with E-state index in [0.717, 1.165) is 62.4 Å². The fraction of sp³-hybridized carbons (Fsp3) is 0.706. The lowest BCUT2D eigenvalue weighted by atomic mass is 9.78. The Labute approximate surface area is 136 Å². The first-order valence-corrected chi connectivity index (χ1v) is 9.00. The van der Waals surface area contributed by atoms with Gasteiger partial charge in [-0.15, -0.1) is 11.3 Å². The molecule has 3 rings (SSSR count). The van der Waals surface area contributed by atoms with E-state index in [1.54, 1.807) is 18.4 Å². The van der Waals surface area contributed by atoms with Gasteiger partial charge in [0.25, 0.3) is 5.91 Å². The predicted molar refractivity (Wildman–Crippen MR) is 87.5 cm³/mol. The number of aryl methyl sites for hydroxylation is 1. The summed E-state index contributed by atoms with van der Waals surface area (Å²) in [6, 6.07) is 2.02. The molecule has 1 spiro atoms. The van der Waals surface area contributed by atoms with E-state index in [1.165, 1.54) is 0 Å². The maximum absolute atomic E-state index is 12.6. The predicted octanol–water partition coefficient (Wildman–Crippen LogP) is 3.10. The summed E-state index contributed by atoms with van der Waals surface area (Å²) in [4.78, 5) is 15.5. The summed E-state index contributed by atoms with van der Waals surface area (Å²) < 4.78 is 11.4. The van der Waals surface area contributed by atoms with Crippen molar-refractivity contribution >= 4 is 17.2 Å². The Morgan fingerprint density at radius 2 is 2.27 bits per heavy atom. The van der Waals surface area contributed by atoms with Crippen LogP contribution >= 0.6 is 11.3 Å². The van der Waals surface area contributed by atoms with Gasteiger partial charge in [-0.3, -0.25) is 4.79 Å². The number of carbonyl (C=O) groups is 1. The number of carbonyl (C=O) groups excluding carboxylic acids is 1. The second-order valence-electron chi connectivity index (χ2n) is 6.41. The van der Waals surface area contributed by atoms with Crippen LogP contribution in [0.3, 0.4) is 0 Å². The zero-order valence-electron chi connectivity index (χ0n) is 13.5. The number of nitrogens with zero attached hydrogens (tertiary/aromatic N) is 1. The highest BCUT2D eigenvalue weighted by Gasteiger charge is 2.46. The molecule has 0 aromatic carbocycles. The minimum atomic E-state index is -0.0141. The third kappa shape index (κ3) is 2.94. The highest BCUT2D eigenvalue weighted by molar-refractivity contribution is 7.12. The number of hydrogen-bond acceptors (Lipinski definition) is 4. The lowest BCUT2D eigenvalue weighted by molar-refractivity contribution is -0.0661. The monoisotopic (exact) mass is 323 g/mol. The van der Waals surface area contributed by atoms with Crippen molar-refractivity contribution in [2.45, 2.75) is 38.2 Å². The number of likely N-dealkylation sites (tertiary alicyclic amines) is 1. The molecule has 2 fully saturated rings. The van der Waals surface area contributed by atoms with Crippen LogP contribution in [0.4, 0.5) is 0 Å². The summed E-state index contributed by atoms with van der Waals surface area (Å²) in [5.74, 6) is 0.766. The van der Waals surface area contributed by atoms with Gasteiger partial charge in [-0.2, -0.15) is 0 Å². The van der Waals surface area contributed by atoms with E-state index in [0.29, 0.717) is 5.92 Å². The molecular weight excluding hydrogens is 298 g/mol. The molecule has 5 heteroatoms. The van der Waals surface area contributed by atoms with Gasteiger partial charge >= 0.3 is 0 Å². The van der Waals surface area contributed by atoms with Gasteiger partial charge in [0.15, 0.2) is 0 Å². The molecule has 3 heterocycles. The number of ether oxygens (including phenoxy) is 2. The summed E-state index contributed by atoms with van der Waals surface area (Å²) in [5, 5.41) is 1.99. The molecule has 1 aromatic heterocycles. The van der Waals surface area contributed by atoms with Crippen LogP contribution in [0.15, 0.2) is 11.4 Å². The Kier molecular flexibility index (Phi) is 4.85. The summed E-state index contributed by atoms with van der Waals surface area (Å²) in [6.07, 6.45) is 4.10. The summed E-state index contributed by atoms with van der Waals surface area (Å²) in [7, 11) is 1.76. The van der Waals surface area contributed by atoms with Crippen LogP contribution in [-0.4, -0.2) is 49.8 Å². The zero-order chi connectivity index (χ0) is 15.6. The fourth-order valence-electron chi connectivity index (χ4n) is 3.83. The molecular formula is C17H25NO3S. The van der Waals surface area contributed by atoms with Crippen LogP contribution < -0.4 is 0 Å². The number of thiophene rings is 1. The first-order chi connectivity index (χ1) is 10.7. The van der Waals surface area contributed by atoms with Crippen molar-refractivity contribution in [3.05, 3.63) is 21.9 Å². The SMILES string of the molecule is COCCC1CCOC12CCN(C(=O)c1sccc1C)CC2. The van der Waals surface area contributed by atoms with Crippen LogP contribution in [0.1, 0.15) is 40.9 Å². The van der Waals surface area contributed by atoms with Crippen LogP contribution in [0.2, 0.25) is 0 Å². The Morgan fingerprint density at radius 3 is 2.91 bits per heavy atom. The van der Waals surface area contributed by atoms with Crippen molar-refractivity contribution < 1.29 is 14.3 Å². The standard InChI is InChI=1S/C17H25NO3S/c1-13-5-12-22-15(13)16(19)18-8-6-17(7-9-18)14(3-10-20-2)4-11-21-17/h5,12,14H,3-4,6-11H2,1-2H3. The van der Waals surface area contributed by atoms with E-state index in [4.69, 9.17) is 9.47 Å². The minimum Gasteiger partial charge on any atom is -0.385 e. The van der Waals surface area contributed by atoms with E-state index in [1.807, 2.05) is 23.3 Å². The number of piperidine rings is 1. The van der Waals surface area contributed by atoms with Gasteiger partial charge in [-0.25, -0.2) is 0 Å². The Bertz CT molecular complexity index is 520. The Hall–Kier alpha value is -0.910. The van der Waals surface area contributed by atoms with Crippen molar-refractivity contribution in [3.63, 3.8) is 0 Å². The van der Waals surface area contributed by atoms with Crippen molar-refractivity contribution in [2.24, 2.45) is 5.92 Å². The molecule has 0 saturated carbocycles. The number of amides is 1. The summed E-state index contributed by atoms with van der Waals surface area (Å²) >= 11 is 1.55. The van der Waals surface area contributed by atoms with E-state index in [-0.39, 0.29) is 11.5 Å². The first kappa shape index (κ1) is 16.0. The quantitative estimate of drug-likeness (QED) is 0.854. The van der Waals surface area contributed by atoms with Gasteiger partial charge < -0.3 is 14.4 Å². The molecule has 122 valence electrons. The van der Waals surface area contributed by atoms with Crippen molar-refractivity contribution in [1.29, 1.82) is 0 Å². The largest absolute Gasteiger partial charge is 0.385 e. The van der Waals surface area contributed by atoms with Gasteiger partial charge in [-0.1, -0.05) is 0 Å². The van der Waals surface area contributed by atoms with Crippen LogP contribution in [0.5, 0.6) is 0 Å². The molecule has 1 unspecified atom stereocenters. The molecule has 0 aliphatic carbocycles. The smallest absolute Gasteiger partial charge is 0.264 e. The van der Waals surface area contributed by atoms with Crippen molar-refractivity contribution in [2.75, 3.05) is 33.4 Å². The molecule has 0 N–H and O–H groups in total. The normalized spacial score (nSPS) is 24.1. The number of hydrogen-bond donors (Lipinski definition) is 0. The Morgan fingerprint density at radius 1 is 1.50 bits per heavy atom. The fourth-order valence-corrected chi connectivity index (χ4v) is 4.72. The topological polar surface area (TPSA) is 38.8 Å². The molecule has 2 aliphatic heterocycles. The molecule has 1 amide bonds. The van der Waals surface area contributed by atoms with Gasteiger partial charge in [0.2, 0.25) is 0 Å². The number of methoxy groups -OCH3 is 1.